The van der Waals surface area contributed by atoms with Gasteiger partial charge in [-0.1, -0.05) is 0 Å². The van der Waals surface area contributed by atoms with Crippen molar-refractivity contribution in [3.63, 3.8) is 0 Å². The van der Waals surface area contributed by atoms with E-state index in [4.69, 9.17) is 9.47 Å². The second-order valence-electron chi connectivity index (χ2n) is 5.98. The molecule has 2 unspecified atom stereocenters. The van der Waals surface area contributed by atoms with Gasteiger partial charge in [0, 0.05) is 6.61 Å². The molecule has 4 nitrogen and oxygen atoms in total. The molecule has 0 aliphatic carbocycles. The summed E-state index contributed by atoms with van der Waals surface area (Å²) in [4.78, 5) is 11.5. The van der Waals surface area contributed by atoms with Crippen molar-refractivity contribution < 1.29 is 19.4 Å². The largest absolute Gasteiger partial charge is 0.481 e. The highest BCUT2D eigenvalue weighted by atomic mass is 16.5. The third-order valence-corrected chi connectivity index (χ3v) is 3.95. The Kier molecular flexibility index (Phi) is 3.46. The Bertz CT molecular complexity index is 292. The zero-order chi connectivity index (χ0) is 12.5. The van der Waals surface area contributed by atoms with Crippen molar-refractivity contribution in [1.82, 2.24) is 0 Å². The summed E-state index contributed by atoms with van der Waals surface area (Å²) in [5.74, 6) is -0.731. The number of carboxylic acid groups (broad SMARTS) is 1. The summed E-state index contributed by atoms with van der Waals surface area (Å²) in [7, 11) is 0. The van der Waals surface area contributed by atoms with Crippen LogP contribution in [0.4, 0.5) is 0 Å². The first-order valence-electron chi connectivity index (χ1n) is 6.43. The predicted molar refractivity (Wildman–Crippen MR) is 62.9 cm³/mol. The minimum absolute atomic E-state index is 0.0720. The molecule has 2 heterocycles. The molecule has 0 spiro atoms. The molecule has 0 amide bonds. The molecular formula is C13H22O4. The monoisotopic (exact) mass is 242 g/mol. The molecule has 0 saturated carbocycles. The third-order valence-electron chi connectivity index (χ3n) is 3.95. The Hall–Kier alpha value is -0.610. The van der Waals surface area contributed by atoms with Gasteiger partial charge in [-0.25, -0.2) is 0 Å². The normalized spacial score (nSPS) is 36.9. The van der Waals surface area contributed by atoms with Gasteiger partial charge in [-0.05, 0) is 46.0 Å². The second kappa shape index (κ2) is 4.58. The molecule has 0 radical (unpaired) electrons. The van der Waals surface area contributed by atoms with Crippen molar-refractivity contribution in [3.8, 4) is 0 Å². The minimum Gasteiger partial charge on any atom is -0.481 e. The number of carboxylic acids is 1. The molecule has 2 fully saturated rings. The fourth-order valence-electron chi connectivity index (χ4n) is 2.93. The maximum Gasteiger partial charge on any atom is 0.312 e. The van der Waals surface area contributed by atoms with Gasteiger partial charge in [0.2, 0.25) is 0 Å². The van der Waals surface area contributed by atoms with E-state index in [1.165, 1.54) is 0 Å². The highest BCUT2D eigenvalue weighted by Gasteiger charge is 2.45. The van der Waals surface area contributed by atoms with Crippen LogP contribution in [0.2, 0.25) is 0 Å². The van der Waals surface area contributed by atoms with Gasteiger partial charge in [0.25, 0.3) is 0 Å². The summed E-state index contributed by atoms with van der Waals surface area (Å²) < 4.78 is 11.3. The summed E-state index contributed by atoms with van der Waals surface area (Å²) in [6.45, 7) is 5.16. The summed E-state index contributed by atoms with van der Waals surface area (Å²) in [5.41, 5.74) is -0.816. The van der Waals surface area contributed by atoms with E-state index in [0.717, 1.165) is 19.3 Å². The van der Waals surface area contributed by atoms with Gasteiger partial charge in [0.05, 0.1) is 23.7 Å². The van der Waals surface area contributed by atoms with Crippen LogP contribution in [0, 0.1) is 5.41 Å². The minimum atomic E-state index is -0.731. The first kappa shape index (κ1) is 12.8. The van der Waals surface area contributed by atoms with Crippen LogP contribution >= 0.6 is 0 Å². The number of ether oxygens (including phenoxy) is 2. The molecule has 98 valence electrons. The van der Waals surface area contributed by atoms with Crippen LogP contribution in [0.15, 0.2) is 0 Å². The molecule has 17 heavy (non-hydrogen) atoms. The highest BCUT2D eigenvalue weighted by Crippen LogP contribution is 2.40. The van der Waals surface area contributed by atoms with Gasteiger partial charge in [0.15, 0.2) is 0 Å². The summed E-state index contributed by atoms with van der Waals surface area (Å²) >= 11 is 0. The Labute approximate surface area is 102 Å². The average molecular weight is 242 g/mol. The average Bonchev–Trinajstić information content (AvgIpc) is 2.59. The zero-order valence-electron chi connectivity index (χ0n) is 10.7. The number of rotatable bonds is 3. The molecule has 0 bridgehead atoms. The van der Waals surface area contributed by atoms with E-state index in [9.17, 15) is 9.90 Å². The van der Waals surface area contributed by atoms with Crippen LogP contribution in [0.5, 0.6) is 0 Å². The summed E-state index contributed by atoms with van der Waals surface area (Å²) in [6, 6.07) is 0. The van der Waals surface area contributed by atoms with Gasteiger partial charge >= 0.3 is 5.97 Å². The molecule has 0 aromatic carbocycles. The van der Waals surface area contributed by atoms with Crippen molar-refractivity contribution in [2.24, 2.45) is 5.41 Å². The Morgan fingerprint density at radius 3 is 2.65 bits per heavy atom. The fourth-order valence-corrected chi connectivity index (χ4v) is 2.93. The highest BCUT2D eigenvalue weighted by molar-refractivity contribution is 5.75. The molecule has 2 aliphatic rings. The van der Waals surface area contributed by atoms with E-state index in [1.54, 1.807) is 0 Å². The lowest BCUT2D eigenvalue weighted by Gasteiger charge is -2.35. The van der Waals surface area contributed by atoms with E-state index in [2.05, 4.69) is 13.8 Å². The summed E-state index contributed by atoms with van der Waals surface area (Å²) in [5, 5.41) is 9.44. The molecule has 0 aromatic heterocycles. The topological polar surface area (TPSA) is 55.8 Å². The van der Waals surface area contributed by atoms with Gasteiger partial charge in [-0.15, -0.1) is 0 Å². The standard InChI is InChI=1S/C13H22O4/c1-12(2)6-4-10(17-12)8-13(11(14)15)5-3-7-16-9-13/h10H,3-9H2,1-2H3,(H,14,15). The van der Waals surface area contributed by atoms with Gasteiger partial charge in [0.1, 0.15) is 0 Å². The van der Waals surface area contributed by atoms with Crippen LogP contribution in [-0.4, -0.2) is 36.0 Å². The van der Waals surface area contributed by atoms with Crippen molar-refractivity contribution in [2.45, 2.75) is 57.7 Å². The number of carbonyl (C=O) groups is 1. The van der Waals surface area contributed by atoms with Crippen molar-refractivity contribution >= 4 is 5.97 Å². The SMILES string of the molecule is CC1(C)CCC(CC2(C(=O)O)CCCOC2)O1. The van der Waals surface area contributed by atoms with Crippen molar-refractivity contribution in [3.05, 3.63) is 0 Å². The van der Waals surface area contributed by atoms with Crippen molar-refractivity contribution in [2.75, 3.05) is 13.2 Å². The van der Waals surface area contributed by atoms with Crippen LogP contribution < -0.4 is 0 Å². The molecule has 4 heteroatoms. The predicted octanol–water partition coefficient (Wildman–Crippen LogP) is 2.22. The lowest BCUT2D eigenvalue weighted by atomic mass is 9.77. The smallest absolute Gasteiger partial charge is 0.312 e. The second-order valence-corrected chi connectivity index (χ2v) is 5.98. The van der Waals surface area contributed by atoms with E-state index in [0.29, 0.717) is 26.1 Å². The molecule has 1 N–H and O–H groups in total. The maximum absolute atomic E-state index is 11.5. The van der Waals surface area contributed by atoms with Gasteiger partial charge in [-0.2, -0.15) is 0 Å². The fraction of sp³-hybridized carbons (Fsp3) is 0.923. The Morgan fingerprint density at radius 2 is 2.18 bits per heavy atom. The maximum atomic E-state index is 11.5. The van der Waals surface area contributed by atoms with Crippen molar-refractivity contribution in [1.29, 1.82) is 0 Å². The first-order chi connectivity index (χ1) is 7.94. The molecule has 0 aromatic rings. The molecule has 2 aliphatic heterocycles. The van der Waals surface area contributed by atoms with E-state index >= 15 is 0 Å². The quantitative estimate of drug-likeness (QED) is 0.824. The Balaban J connectivity index is 2.01. The Morgan fingerprint density at radius 1 is 1.41 bits per heavy atom. The van der Waals surface area contributed by atoms with E-state index in [-0.39, 0.29) is 11.7 Å². The van der Waals surface area contributed by atoms with Crippen LogP contribution in [0.1, 0.15) is 46.0 Å². The van der Waals surface area contributed by atoms with Crippen LogP contribution in [0.25, 0.3) is 0 Å². The van der Waals surface area contributed by atoms with Gasteiger partial charge in [-0.3, -0.25) is 4.79 Å². The lowest BCUT2D eigenvalue weighted by Crippen LogP contribution is -2.42. The molecular weight excluding hydrogens is 220 g/mol. The molecule has 2 rings (SSSR count). The number of aliphatic carboxylic acids is 1. The van der Waals surface area contributed by atoms with E-state index < -0.39 is 11.4 Å². The number of hydrogen-bond donors (Lipinski definition) is 1. The first-order valence-corrected chi connectivity index (χ1v) is 6.43. The summed E-state index contributed by atoms with van der Waals surface area (Å²) in [6.07, 6.45) is 4.18. The molecule has 2 atom stereocenters. The number of hydrogen-bond acceptors (Lipinski definition) is 3. The molecule has 2 saturated heterocycles. The van der Waals surface area contributed by atoms with Crippen LogP contribution in [0.3, 0.4) is 0 Å². The van der Waals surface area contributed by atoms with E-state index in [1.807, 2.05) is 0 Å². The van der Waals surface area contributed by atoms with Gasteiger partial charge < -0.3 is 14.6 Å². The lowest BCUT2D eigenvalue weighted by molar-refractivity contribution is -0.162. The van der Waals surface area contributed by atoms with Crippen LogP contribution in [-0.2, 0) is 14.3 Å². The zero-order valence-corrected chi connectivity index (χ0v) is 10.7. The third kappa shape index (κ3) is 2.80.